The standard InChI is InChI=1S/C19H27NO/c1-15-7-6-10-17(13-15)19(11-12-19)18(21)20(2)14-16-8-4-3-5-9-16/h6-7,10,13,16H,3-5,8-9,11-12,14H2,1-2H3. The van der Waals surface area contributed by atoms with Crippen LogP contribution in [0, 0.1) is 12.8 Å². The molecule has 2 fully saturated rings. The van der Waals surface area contributed by atoms with Crippen molar-refractivity contribution in [1.82, 2.24) is 4.90 Å². The predicted octanol–water partition coefficient (Wildman–Crippen LogP) is 4.07. The summed E-state index contributed by atoms with van der Waals surface area (Å²) in [6.45, 7) is 3.06. The van der Waals surface area contributed by atoms with Crippen LogP contribution in [0.3, 0.4) is 0 Å². The fourth-order valence-corrected chi connectivity index (χ4v) is 3.90. The van der Waals surface area contributed by atoms with E-state index in [2.05, 4.69) is 31.2 Å². The molecule has 0 saturated heterocycles. The molecule has 0 bridgehead atoms. The Morgan fingerprint density at radius 2 is 1.95 bits per heavy atom. The van der Waals surface area contributed by atoms with Gasteiger partial charge in [0.2, 0.25) is 5.91 Å². The van der Waals surface area contributed by atoms with Gasteiger partial charge in [0, 0.05) is 13.6 Å². The summed E-state index contributed by atoms with van der Waals surface area (Å²) in [6.07, 6.45) is 8.70. The second-order valence-corrected chi connectivity index (χ2v) is 7.14. The molecule has 114 valence electrons. The first-order valence-electron chi connectivity index (χ1n) is 8.44. The predicted molar refractivity (Wildman–Crippen MR) is 86.3 cm³/mol. The SMILES string of the molecule is Cc1cccc(C2(C(=O)N(C)CC3CCCCC3)CC2)c1. The minimum atomic E-state index is -0.199. The molecule has 0 aromatic heterocycles. The number of rotatable bonds is 4. The van der Waals surface area contributed by atoms with Gasteiger partial charge in [0.15, 0.2) is 0 Å². The lowest BCUT2D eigenvalue weighted by molar-refractivity contribution is -0.133. The lowest BCUT2D eigenvalue weighted by atomic mass is 9.88. The van der Waals surface area contributed by atoms with E-state index in [4.69, 9.17) is 0 Å². The Kier molecular flexibility index (Phi) is 4.05. The second-order valence-electron chi connectivity index (χ2n) is 7.14. The maximum Gasteiger partial charge on any atom is 0.232 e. The zero-order valence-electron chi connectivity index (χ0n) is 13.4. The number of aryl methyl sites for hydroxylation is 1. The highest BCUT2D eigenvalue weighted by Gasteiger charge is 2.52. The summed E-state index contributed by atoms with van der Waals surface area (Å²) in [5.41, 5.74) is 2.28. The van der Waals surface area contributed by atoms with Gasteiger partial charge in [-0.3, -0.25) is 4.79 Å². The molecule has 0 N–H and O–H groups in total. The van der Waals surface area contributed by atoms with E-state index in [0.29, 0.717) is 5.91 Å². The van der Waals surface area contributed by atoms with Crippen molar-refractivity contribution in [3.63, 3.8) is 0 Å². The summed E-state index contributed by atoms with van der Waals surface area (Å²) in [6, 6.07) is 8.51. The van der Waals surface area contributed by atoms with Crippen molar-refractivity contribution < 1.29 is 4.79 Å². The van der Waals surface area contributed by atoms with Gasteiger partial charge < -0.3 is 4.90 Å². The Morgan fingerprint density at radius 1 is 1.24 bits per heavy atom. The molecule has 2 heteroatoms. The monoisotopic (exact) mass is 285 g/mol. The third-order valence-electron chi connectivity index (χ3n) is 5.33. The molecule has 1 amide bonds. The topological polar surface area (TPSA) is 20.3 Å². The molecule has 1 aromatic carbocycles. The first kappa shape index (κ1) is 14.6. The molecule has 2 aliphatic rings. The Morgan fingerprint density at radius 3 is 2.57 bits per heavy atom. The van der Waals surface area contributed by atoms with E-state index in [1.807, 2.05) is 11.9 Å². The van der Waals surface area contributed by atoms with Crippen LogP contribution in [0.1, 0.15) is 56.1 Å². The summed E-state index contributed by atoms with van der Waals surface area (Å²) in [4.78, 5) is 15.0. The van der Waals surface area contributed by atoms with Crippen LogP contribution in [0.25, 0.3) is 0 Å². The van der Waals surface area contributed by atoms with Gasteiger partial charge in [0.1, 0.15) is 0 Å². The molecule has 0 unspecified atom stereocenters. The highest BCUT2D eigenvalue weighted by atomic mass is 16.2. The van der Waals surface area contributed by atoms with Crippen molar-refractivity contribution in [2.24, 2.45) is 5.92 Å². The number of nitrogens with zero attached hydrogens (tertiary/aromatic N) is 1. The summed E-state index contributed by atoms with van der Waals surface area (Å²) >= 11 is 0. The number of amides is 1. The van der Waals surface area contributed by atoms with Crippen molar-refractivity contribution in [2.45, 2.75) is 57.3 Å². The summed E-state index contributed by atoms with van der Waals surface area (Å²) in [5, 5.41) is 0. The zero-order chi connectivity index (χ0) is 14.9. The smallest absolute Gasteiger partial charge is 0.232 e. The van der Waals surface area contributed by atoms with Gasteiger partial charge >= 0.3 is 0 Å². The number of carbonyl (C=O) groups excluding carboxylic acids is 1. The number of benzene rings is 1. The van der Waals surface area contributed by atoms with E-state index in [1.54, 1.807) is 0 Å². The van der Waals surface area contributed by atoms with E-state index in [1.165, 1.54) is 43.2 Å². The second kappa shape index (κ2) is 5.82. The summed E-state index contributed by atoms with van der Waals surface area (Å²) in [7, 11) is 2.01. The molecule has 2 saturated carbocycles. The molecule has 21 heavy (non-hydrogen) atoms. The van der Waals surface area contributed by atoms with Gasteiger partial charge in [-0.15, -0.1) is 0 Å². The van der Waals surface area contributed by atoms with Crippen molar-refractivity contribution in [3.05, 3.63) is 35.4 Å². The normalized spacial score (nSPS) is 21.0. The van der Waals surface area contributed by atoms with E-state index in [9.17, 15) is 4.79 Å². The van der Waals surface area contributed by atoms with Crippen molar-refractivity contribution in [1.29, 1.82) is 0 Å². The first-order valence-corrected chi connectivity index (χ1v) is 8.44. The van der Waals surface area contributed by atoms with E-state index < -0.39 is 0 Å². The maximum atomic E-state index is 12.9. The van der Waals surface area contributed by atoms with Crippen LogP contribution in [0.2, 0.25) is 0 Å². The minimum absolute atomic E-state index is 0.199. The molecule has 0 aliphatic heterocycles. The largest absolute Gasteiger partial charge is 0.345 e. The van der Waals surface area contributed by atoms with Gasteiger partial charge in [-0.1, -0.05) is 49.1 Å². The Hall–Kier alpha value is -1.31. The molecule has 3 rings (SSSR count). The van der Waals surface area contributed by atoms with Gasteiger partial charge in [-0.25, -0.2) is 0 Å². The highest BCUT2D eigenvalue weighted by Crippen LogP contribution is 2.49. The van der Waals surface area contributed by atoms with Gasteiger partial charge in [-0.2, -0.15) is 0 Å². The van der Waals surface area contributed by atoms with Crippen LogP contribution in [0.4, 0.5) is 0 Å². The number of likely N-dealkylation sites (N-methyl/N-ethyl adjacent to an activating group) is 1. The fourth-order valence-electron chi connectivity index (χ4n) is 3.90. The number of hydrogen-bond acceptors (Lipinski definition) is 1. The molecule has 0 radical (unpaired) electrons. The molecule has 2 nitrogen and oxygen atoms in total. The average Bonchev–Trinajstić information content (AvgIpc) is 3.29. The van der Waals surface area contributed by atoms with Crippen molar-refractivity contribution in [2.75, 3.05) is 13.6 Å². The Bertz CT molecular complexity index is 512. The van der Waals surface area contributed by atoms with E-state index in [-0.39, 0.29) is 5.41 Å². The van der Waals surface area contributed by atoms with Crippen LogP contribution in [0.5, 0.6) is 0 Å². The molecular formula is C19H27NO. The summed E-state index contributed by atoms with van der Waals surface area (Å²) in [5.74, 6) is 1.07. The third kappa shape index (κ3) is 3.00. The van der Waals surface area contributed by atoms with Gasteiger partial charge in [-0.05, 0) is 44.1 Å². The molecular weight excluding hydrogens is 258 g/mol. The molecule has 0 atom stereocenters. The minimum Gasteiger partial charge on any atom is -0.345 e. The quantitative estimate of drug-likeness (QED) is 0.816. The van der Waals surface area contributed by atoms with E-state index >= 15 is 0 Å². The highest BCUT2D eigenvalue weighted by molar-refractivity contribution is 5.91. The van der Waals surface area contributed by atoms with Crippen molar-refractivity contribution >= 4 is 5.91 Å². The average molecular weight is 285 g/mol. The van der Waals surface area contributed by atoms with Gasteiger partial charge in [0.05, 0.1) is 5.41 Å². The zero-order valence-corrected chi connectivity index (χ0v) is 13.4. The molecule has 2 aliphatic carbocycles. The van der Waals surface area contributed by atoms with Crippen LogP contribution in [0.15, 0.2) is 24.3 Å². The lowest BCUT2D eigenvalue weighted by Gasteiger charge is -2.30. The number of hydrogen-bond donors (Lipinski definition) is 0. The van der Waals surface area contributed by atoms with Crippen LogP contribution < -0.4 is 0 Å². The first-order chi connectivity index (χ1) is 10.1. The number of carbonyl (C=O) groups is 1. The fraction of sp³-hybridized carbons (Fsp3) is 0.632. The molecule has 0 spiro atoms. The maximum absolute atomic E-state index is 12.9. The van der Waals surface area contributed by atoms with E-state index in [0.717, 1.165) is 25.3 Å². The molecule has 0 heterocycles. The van der Waals surface area contributed by atoms with Crippen LogP contribution in [-0.2, 0) is 10.2 Å². The van der Waals surface area contributed by atoms with Crippen molar-refractivity contribution in [3.8, 4) is 0 Å². The molecule has 1 aromatic rings. The van der Waals surface area contributed by atoms with Crippen LogP contribution in [-0.4, -0.2) is 24.4 Å². The lowest BCUT2D eigenvalue weighted by Crippen LogP contribution is -2.39. The third-order valence-corrected chi connectivity index (χ3v) is 5.33. The Balaban J connectivity index is 1.69. The Labute approximate surface area is 128 Å². The van der Waals surface area contributed by atoms with Gasteiger partial charge in [0.25, 0.3) is 0 Å². The van der Waals surface area contributed by atoms with Crippen LogP contribution >= 0.6 is 0 Å². The summed E-state index contributed by atoms with van der Waals surface area (Å²) < 4.78 is 0.